The summed E-state index contributed by atoms with van der Waals surface area (Å²) >= 11 is 0. The van der Waals surface area contributed by atoms with Crippen LogP contribution in [-0.4, -0.2) is 14.9 Å². The van der Waals surface area contributed by atoms with E-state index >= 15 is 0 Å². The molecule has 0 aliphatic rings. The molecule has 0 radical (unpaired) electrons. The predicted octanol–water partition coefficient (Wildman–Crippen LogP) is 5.06. The number of rotatable bonds is 4. The van der Waals surface area contributed by atoms with Gasteiger partial charge < -0.3 is 5.11 Å². The van der Waals surface area contributed by atoms with Gasteiger partial charge in [0.05, 0.1) is 11.4 Å². The van der Waals surface area contributed by atoms with Crippen molar-refractivity contribution in [3.63, 3.8) is 0 Å². The van der Waals surface area contributed by atoms with E-state index < -0.39 is 0 Å². The van der Waals surface area contributed by atoms with Crippen LogP contribution in [0.5, 0.6) is 5.75 Å². The van der Waals surface area contributed by atoms with Crippen LogP contribution in [0, 0.1) is 19.8 Å². The van der Waals surface area contributed by atoms with Gasteiger partial charge in [0.1, 0.15) is 5.69 Å². The average Bonchev–Trinajstić information content (AvgIpc) is 2.85. The predicted molar refractivity (Wildman–Crippen MR) is 98.7 cm³/mol. The van der Waals surface area contributed by atoms with Crippen molar-refractivity contribution in [1.82, 2.24) is 9.78 Å². The van der Waals surface area contributed by atoms with Crippen molar-refractivity contribution in [1.29, 1.82) is 0 Å². The minimum absolute atomic E-state index is 0.288. The van der Waals surface area contributed by atoms with Crippen LogP contribution < -0.4 is 0 Å². The first-order valence-electron chi connectivity index (χ1n) is 8.41. The number of benzene rings is 2. The van der Waals surface area contributed by atoms with Crippen LogP contribution in [0.1, 0.15) is 30.7 Å². The van der Waals surface area contributed by atoms with E-state index in [2.05, 4.69) is 33.8 Å². The zero-order valence-corrected chi connectivity index (χ0v) is 14.7. The minimum atomic E-state index is 0.288. The van der Waals surface area contributed by atoms with Crippen molar-refractivity contribution in [3.8, 4) is 22.7 Å². The summed E-state index contributed by atoms with van der Waals surface area (Å²) in [4.78, 5) is 0. The molecule has 0 amide bonds. The number of aromatic hydroxyl groups is 1. The lowest BCUT2D eigenvalue weighted by Gasteiger charge is -2.11. The van der Waals surface area contributed by atoms with Gasteiger partial charge in [-0.25, -0.2) is 4.68 Å². The van der Waals surface area contributed by atoms with Gasteiger partial charge in [-0.3, -0.25) is 0 Å². The van der Waals surface area contributed by atoms with Crippen LogP contribution in [0.2, 0.25) is 0 Å². The molecular formula is C21H24N2O. The first-order chi connectivity index (χ1) is 11.5. The minimum Gasteiger partial charge on any atom is -0.504 e. The van der Waals surface area contributed by atoms with Crippen molar-refractivity contribution < 1.29 is 5.11 Å². The molecule has 3 rings (SSSR count). The Morgan fingerprint density at radius 3 is 2.29 bits per heavy atom. The fourth-order valence-corrected chi connectivity index (χ4v) is 2.92. The average molecular weight is 320 g/mol. The first-order valence-corrected chi connectivity index (χ1v) is 8.41. The lowest BCUT2D eigenvalue weighted by atomic mass is 10.0. The van der Waals surface area contributed by atoms with Gasteiger partial charge in [0, 0.05) is 5.56 Å². The fraction of sp³-hybridized carbons (Fsp3) is 0.286. The van der Waals surface area contributed by atoms with Gasteiger partial charge in [0.15, 0.2) is 5.75 Å². The molecule has 0 aliphatic heterocycles. The molecule has 0 saturated carbocycles. The molecule has 3 heteroatoms. The molecular weight excluding hydrogens is 296 g/mol. The highest BCUT2D eigenvalue weighted by atomic mass is 16.3. The van der Waals surface area contributed by atoms with Gasteiger partial charge in [-0.2, -0.15) is 5.10 Å². The van der Waals surface area contributed by atoms with Crippen LogP contribution in [0.25, 0.3) is 16.9 Å². The second kappa shape index (κ2) is 6.52. The number of hydrogen-bond acceptors (Lipinski definition) is 2. The number of aryl methyl sites for hydroxylation is 2. The number of aromatic nitrogens is 2. The quantitative estimate of drug-likeness (QED) is 0.729. The molecule has 0 atom stereocenters. The Balaban J connectivity index is 2.19. The number of para-hydroxylation sites is 1. The maximum Gasteiger partial charge on any atom is 0.165 e. The fourth-order valence-electron chi connectivity index (χ4n) is 2.92. The van der Waals surface area contributed by atoms with Gasteiger partial charge in [-0.15, -0.1) is 0 Å². The van der Waals surface area contributed by atoms with Crippen molar-refractivity contribution >= 4 is 0 Å². The zero-order valence-electron chi connectivity index (χ0n) is 14.7. The highest BCUT2D eigenvalue weighted by Crippen LogP contribution is 2.35. The summed E-state index contributed by atoms with van der Waals surface area (Å²) in [5.74, 6) is 0.719. The molecule has 0 spiro atoms. The van der Waals surface area contributed by atoms with E-state index in [4.69, 9.17) is 5.10 Å². The summed E-state index contributed by atoms with van der Waals surface area (Å²) in [6.45, 7) is 8.43. The molecule has 0 unspecified atom stereocenters. The normalized spacial score (nSPS) is 11.2. The molecule has 0 saturated heterocycles. The summed E-state index contributed by atoms with van der Waals surface area (Å²) in [7, 11) is 0. The van der Waals surface area contributed by atoms with Crippen LogP contribution in [0.3, 0.4) is 0 Å². The second-order valence-corrected chi connectivity index (χ2v) is 6.81. The third-order valence-electron chi connectivity index (χ3n) is 4.22. The molecule has 0 bridgehead atoms. The number of nitrogens with zero attached hydrogens (tertiary/aromatic N) is 2. The lowest BCUT2D eigenvalue weighted by Crippen LogP contribution is -2.06. The zero-order chi connectivity index (χ0) is 17.3. The monoisotopic (exact) mass is 320 g/mol. The van der Waals surface area contributed by atoms with Crippen molar-refractivity contribution in [2.24, 2.45) is 5.92 Å². The van der Waals surface area contributed by atoms with E-state index in [1.807, 2.05) is 47.1 Å². The Morgan fingerprint density at radius 1 is 1.00 bits per heavy atom. The van der Waals surface area contributed by atoms with Crippen LogP contribution in [0.4, 0.5) is 0 Å². The molecule has 3 aromatic rings. The molecule has 24 heavy (non-hydrogen) atoms. The molecule has 124 valence electrons. The largest absolute Gasteiger partial charge is 0.504 e. The lowest BCUT2D eigenvalue weighted by molar-refractivity contribution is 0.461. The van der Waals surface area contributed by atoms with Gasteiger partial charge in [-0.1, -0.05) is 61.9 Å². The Bertz CT molecular complexity index is 845. The van der Waals surface area contributed by atoms with Gasteiger partial charge >= 0.3 is 0 Å². The van der Waals surface area contributed by atoms with Gasteiger partial charge in [0.25, 0.3) is 0 Å². The van der Waals surface area contributed by atoms with Crippen LogP contribution >= 0.6 is 0 Å². The number of hydrogen-bond donors (Lipinski definition) is 1. The Kier molecular flexibility index (Phi) is 4.43. The second-order valence-electron chi connectivity index (χ2n) is 6.81. The van der Waals surface area contributed by atoms with E-state index in [1.165, 1.54) is 5.56 Å². The van der Waals surface area contributed by atoms with Gasteiger partial charge in [0.2, 0.25) is 0 Å². The highest BCUT2D eigenvalue weighted by Gasteiger charge is 2.21. The maximum atomic E-state index is 10.9. The smallest absolute Gasteiger partial charge is 0.165 e. The first kappa shape index (κ1) is 16.3. The van der Waals surface area contributed by atoms with E-state index in [-0.39, 0.29) is 5.75 Å². The third-order valence-corrected chi connectivity index (χ3v) is 4.22. The molecule has 3 nitrogen and oxygen atoms in total. The Labute approximate surface area is 143 Å². The van der Waals surface area contributed by atoms with Crippen LogP contribution in [-0.2, 0) is 6.42 Å². The Morgan fingerprint density at radius 2 is 1.67 bits per heavy atom. The SMILES string of the molecule is Cc1ccc(-c2nn(-c3ccccc3C)c(CC(C)C)c2O)cc1. The summed E-state index contributed by atoms with van der Waals surface area (Å²) in [6, 6.07) is 16.3. The van der Waals surface area contributed by atoms with Crippen LogP contribution in [0.15, 0.2) is 48.5 Å². The van der Waals surface area contributed by atoms with E-state index in [0.29, 0.717) is 11.6 Å². The standard InChI is InChI=1S/C21H24N2O/c1-14(2)13-19-21(24)20(17-11-9-15(3)10-12-17)22-23(19)18-8-6-5-7-16(18)4/h5-12,14,24H,13H2,1-4H3. The molecule has 0 fully saturated rings. The topological polar surface area (TPSA) is 38.0 Å². The molecule has 0 aliphatic carbocycles. The molecule has 2 aromatic carbocycles. The van der Waals surface area contributed by atoms with Gasteiger partial charge in [-0.05, 0) is 37.8 Å². The summed E-state index contributed by atoms with van der Waals surface area (Å²) in [5.41, 5.74) is 5.81. The van der Waals surface area contributed by atoms with Crippen molar-refractivity contribution in [3.05, 3.63) is 65.4 Å². The summed E-state index contributed by atoms with van der Waals surface area (Å²) < 4.78 is 1.90. The van der Waals surface area contributed by atoms with E-state index in [9.17, 15) is 5.11 Å². The van der Waals surface area contributed by atoms with Crippen molar-refractivity contribution in [2.75, 3.05) is 0 Å². The molecule has 1 heterocycles. The van der Waals surface area contributed by atoms with E-state index in [0.717, 1.165) is 28.9 Å². The van der Waals surface area contributed by atoms with Crippen molar-refractivity contribution in [2.45, 2.75) is 34.1 Å². The molecule has 1 N–H and O–H groups in total. The summed E-state index contributed by atoms with van der Waals surface area (Å²) in [6.07, 6.45) is 0.777. The summed E-state index contributed by atoms with van der Waals surface area (Å²) in [5, 5.41) is 15.6. The highest BCUT2D eigenvalue weighted by molar-refractivity contribution is 5.68. The Hall–Kier alpha value is -2.55. The molecule has 1 aromatic heterocycles. The maximum absolute atomic E-state index is 10.9. The third kappa shape index (κ3) is 3.07. The van der Waals surface area contributed by atoms with E-state index in [1.54, 1.807) is 0 Å².